The molecule has 1 amide bonds. The van der Waals surface area contributed by atoms with E-state index in [1.165, 1.54) is 0 Å². The van der Waals surface area contributed by atoms with Gasteiger partial charge in [-0.1, -0.05) is 29.3 Å². The molecule has 1 heterocycles. The summed E-state index contributed by atoms with van der Waals surface area (Å²) in [5.41, 5.74) is 0.644. The molecule has 1 aliphatic rings. The number of ether oxygens (including phenoxy) is 1. The Labute approximate surface area is 169 Å². The van der Waals surface area contributed by atoms with Crippen LogP contribution in [0.5, 0.6) is 11.5 Å². The highest BCUT2D eigenvalue weighted by Gasteiger charge is 2.22. The smallest absolute Gasteiger partial charge is 0.253 e. The summed E-state index contributed by atoms with van der Waals surface area (Å²) in [6.45, 7) is 1.91. The average Bonchev–Trinajstić information content (AvgIpc) is 2.65. The Balaban J connectivity index is 0.00000243. The third-order valence-electron chi connectivity index (χ3n) is 4.42. The minimum atomic E-state index is 0. The minimum Gasteiger partial charge on any atom is -0.456 e. The van der Waals surface area contributed by atoms with E-state index in [0.29, 0.717) is 27.1 Å². The van der Waals surface area contributed by atoms with Crippen LogP contribution in [0.2, 0.25) is 10.0 Å². The molecule has 2 aromatic rings. The van der Waals surface area contributed by atoms with Gasteiger partial charge >= 0.3 is 0 Å². The monoisotopic (exact) mass is 414 g/mol. The molecule has 140 valence electrons. The van der Waals surface area contributed by atoms with Crippen molar-refractivity contribution in [2.75, 3.05) is 20.1 Å². The molecule has 1 N–H and O–H groups in total. The van der Waals surface area contributed by atoms with Crippen LogP contribution in [0, 0.1) is 0 Å². The summed E-state index contributed by atoms with van der Waals surface area (Å²) in [6.07, 6.45) is 1.97. The Hall–Kier alpha value is -1.46. The number of carbonyl (C=O) groups excluding carboxylic acids is 1. The van der Waals surface area contributed by atoms with Crippen LogP contribution in [0.1, 0.15) is 23.2 Å². The molecule has 1 aliphatic heterocycles. The van der Waals surface area contributed by atoms with E-state index in [4.69, 9.17) is 27.9 Å². The maximum absolute atomic E-state index is 12.6. The fraction of sp³-hybridized carbons (Fsp3) is 0.316. The highest BCUT2D eigenvalue weighted by Crippen LogP contribution is 2.34. The Kier molecular flexibility index (Phi) is 7.59. The van der Waals surface area contributed by atoms with E-state index >= 15 is 0 Å². The topological polar surface area (TPSA) is 41.6 Å². The van der Waals surface area contributed by atoms with Crippen LogP contribution in [0.3, 0.4) is 0 Å². The molecule has 0 bridgehead atoms. The molecule has 26 heavy (non-hydrogen) atoms. The molecule has 0 atom stereocenters. The molecule has 0 saturated carbocycles. The Morgan fingerprint density at radius 1 is 1.12 bits per heavy atom. The van der Waals surface area contributed by atoms with E-state index in [-0.39, 0.29) is 24.4 Å². The molecule has 0 aromatic heterocycles. The number of hydrogen-bond donors (Lipinski definition) is 1. The highest BCUT2D eigenvalue weighted by atomic mass is 35.5. The van der Waals surface area contributed by atoms with Gasteiger partial charge in [0.2, 0.25) is 0 Å². The Morgan fingerprint density at radius 3 is 2.42 bits per heavy atom. The van der Waals surface area contributed by atoms with E-state index in [1.807, 2.05) is 11.9 Å². The molecule has 3 rings (SSSR count). The van der Waals surface area contributed by atoms with Gasteiger partial charge in [-0.2, -0.15) is 0 Å². The normalized spacial score (nSPS) is 14.4. The van der Waals surface area contributed by atoms with Crippen LogP contribution in [0.25, 0.3) is 0 Å². The molecule has 0 unspecified atom stereocenters. The number of hydrogen-bond acceptors (Lipinski definition) is 3. The first-order chi connectivity index (χ1) is 12.1. The summed E-state index contributed by atoms with van der Waals surface area (Å²) in [6, 6.07) is 12.6. The number of halogens is 3. The van der Waals surface area contributed by atoms with Gasteiger partial charge in [0, 0.05) is 18.7 Å². The fourth-order valence-electron chi connectivity index (χ4n) is 2.92. The zero-order valence-electron chi connectivity index (χ0n) is 14.4. The second-order valence-electron chi connectivity index (χ2n) is 6.08. The van der Waals surface area contributed by atoms with Gasteiger partial charge in [-0.05, 0) is 62.3 Å². The number of nitrogens with one attached hydrogen (secondary N) is 1. The molecular weight excluding hydrogens is 395 g/mol. The minimum absolute atomic E-state index is 0. The second-order valence-corrected chi connectivity index (χ2v) is 6.86. The van der Waals surface area contributed by atoms with Crippen LogP contribution in [0.4, 0.5) is 0 Å². The molecule has 2 aromatic carbocycles. The fourth-order valence-corrected chi connectivity index (χ4v) is 3.25. The molecule has 1 fully saturated rings. The van der Waals surface area contributed by atoms with E-state index in [2.05, 4.69) is 5.32 Å². The zero-order valence-corrected chi connectivity index (χ0v) is 16.7. The van der Waals surface area contributed by atoms with Crippen molar-refractivity contribution in [1.82, 2.24) is 10.2 Å². The standard InChI is InChI=1S/C19H20Cl2N2O2.ClH/c1-23(14-9-11-22-12-10-14)19(24)13-5-7-15(8-6-13)25-17-4-2-3-16(20)18(17)21;/h2-8,14,22H,9-12H2,1H3;1H. The number of benzene rings is 2. The molecule has 0 spiro atoms. The Bertz CT molecular complexity index is 747. The summed E-state index contributed by atoms with van der Waals surface area (Å²) in [5, 5.41) is 4.12. The molecule has 1 saturated heterocycles. The molecule has 0 aliphatic carbocycles. The van der Waals surface area contributed by atoms with Gasteiger partial charge in [0.25, 0.3) is 5.91 Å². The van der Waals surface area contributed by atoms with Gasteiger partial charge in [-0.3, -0.25) is 4.79 Å². The highest BCUT2D eigenvalue weighted by molar-refractivity contribution is 6.42. The van der Waals surface area contributed by atoms with Gasteiger partial charge in [0.15, 0.2) is 0 Å². The number of amides is 1. The van der Waals surface area contributed by atoms with Crippen molar-refractivity contribution in [3.05, 3.63) is 58.1 Å². The van der Waals surface area contributed by atoms with Crippen molar-refractivity contribution in [1.29, 1.82) is 0 Å². The first kappa shape index (κ1) is 20.8. The number of carbonyl (C=O) groups is 1. The SMILES string of the molecule is CN(C(=O)c1ccc(Oc2cccc(Cl)c2Cl)cc1)C1CCNCC1.Cl. The molecule has 7 heteroatoms. The van der Waals surface area contributed by atoms with Crippen molar-refractivity contribution in [3.8, 4) is 11.5 Å². The van der Waals surface area contributed by atoms with Crippen molar-refractivity contribution in [2.24, 2.45) is 0 Å². The number of nitrogens with zero attached hydrogens (tertiary/aromatic N) is 1. The summed E-state index contributed by atoms with van der Waals surface area (Å²) in [4.78, 5) is 14.5. The summed E-state index contributed by atoms with van der Waals surface area (Å²) < 4.78 is 5.75. The van der Waals surface area contributed by atoms with Crippen molar-refractivity contribution < 1.29 is 9.53 Å². The van der Waals surface area contributed by atoms with Crippen LogP contribution >= 0.6 is 35.6 Å². The lowest BCUT2D eigenvalue weighted by molar-refractivity contribution is 0.0703. The molecule has 4 nitrogen and oxygen atoms in total. The largest absolute Gasteiger partial charge is 0.456 e. The van der Waals surface area contributed by atoms with E-state index in [9.17, 15) is 4.79 Å². The lowest BCUT2D eigenvalue weighted by Gasteiger charge is -2.31. The third kappa shape index (κ3) is 4.83. The van der Waals surface area contributed by atoms with Crippen molar-refractivity contribution >= 4 is 41.5 Å². The van der Waals surface area contributed by atoms with Gasteiger partial charge in [0.05, 0.1) is 5.02 Å². The quantitative estimate of drug-likeness (QED) is 0.761. The van der Waals surface area contributed by atoms with Gasteiger partial charge in [-0.25, -0.2) is 0 Å². The maximum Gasteiger partial charge on any atom is 0.253 e. The molecular formula is C19H21Cl3N2O2. The van der Waals surface area contributed by atoms with E-state index in [0.717, 1.165) is 25.9 Å². The summed E-state index contributed by atoms with van der Waals surface area (Å²) in [5.74, 6) is 1.12. The second kappa shape index (κ2) is 9.47. The number of rotatable bonds is 4. The summed E-state index contributed by atoms with van der Waals surface area (Å²) in [7, 11) is 1.87. The van der Waals surface area contributed by atoms with Crippen LogP contribution in [-0.2, 0) is 0 Å². The third-order valence-corrected chi connectivity index (χ3v) is 5.22. The lowest BCUT2D eigenvalue weighted by Crippen LogP contribution is -2.43. The van der Waals surface area contributed by atoms with Gasteiger partial charge in [0.1, 0.15) is 16.5 Å². The molecule has 0 radical (unpaired) electrons. The van der Waals surface area contributed by atoms with Crippen LogP contribution in [-0.4, -0.2) is 37.0 Å². The zero-order chi connectivity index (χ0) is 17.8. The van der Waals surface area contributed by atoms with Crippen LogP contribution in [0.15, 0.2) is 42.5 Å². The van der Waals surface area contributed by atoms with E-state index < -0.39 is 0 Å². The maximum atomic E-state index is 12.6. The average molecular weight is 416 g/mol. The lowest BCUT2D eigenvalue weighted by atomic mass is 10.0. The van der Waals surface area contributed by atoms with Gasteiger partial charge < -0.3 is 15.0 Å². The van der Waals surface area contributed by atoms with Crippen LogP contribution < -0.4 is 10.1 Å². The van der Waals surface area contributed by atoms with Gasteiger partial charge in [-0.15, -0.1) is 12.4 Å². The Morgan fingerprint density at radius 2 is 1.77 bits per heavy atom. The van der Waals surface area contributed by atoms with E-state index in [1.54, 1.807) is 42.5 Å². The van der Waals surface area contributed by atoms with Crippen molar-refractivity contribution in [2.45, 2.75) is 18.9 Å². The number of piperidine rings is 1. The summed E-state index contributed by atoms with van der Waals surface area (Å²) >= 11 is 12.1. The van der Waals surface area contributed by atoms with Crippen molar-refractivity contribution in [3.63, 3.8) is 0 Å². The predicted molar refractivity (Wildman–Crippen MR) is 108 cm³/mol. The predicted octanol–water partition coefficient (Wildman–Crippen LogP) is 5.03. The first-order valence-electron chi connectivity index (χ1n) is 8.26. The first-order valence-corrected chi connectivity index (χ1v) is 9.01.